The van der Waals surface area contributed by atoms with E-state index >= 15 is 0 Å². The van der Waals surface area contributed by atoms with Crippen molar-refractivity contribution in [3.8, 4) is 0 Å². The highest BCUT2D eigenvalue weighted by atomic mass is 32.2. The van der Waals surface area contributed by atoms with Crippen LogP contribution in [0, 0.1) is 5.82 Å². The number of carboxylic acids is 1. The van der Waals surface area contributed by atoms with E-state index in [0.29, 0.717) is 28.2 Å². The van der Waals surface area contributed by atoms with Crippen molar-refractivity contribution >= 4 is 28.9 Å². The third-order valence-electron chi connectivity index (χ3n) is 3.88. The molecule has 3 rings (SSSR count). The second kappa shape index (κ2) is 8.22. The zero-order chi connectivity index (χ0) is 18.5. The van der Waals surface area contributed by atoms with Crippen molar-refractivity contribution in [1.82, 2.24) is 25.0 Å². The summed E-state index contributed by atoms with van der Waals surface area (Å²) in [5.41, 5.74) is 1.29. The van der Waals surface area contributed by atoms with E-state index in [-0.39, 0.29) is 12.4 Å². The fourth-order valence-corrected chi connectivity index (χ4v) is 3.50. The van der Waals surface area contributed by atoms with Gasteiger partial charge in [0.25, 0.3) is 0 Å². The lowest BCUT2D eigenvalue weighted by Gasteiger charge is -2.16. The van der Waals surface area contributed by atoms with Crippen LogP contribution in [-0.2, 0) is 11.3 Å². The number of halogens is 1. The maximum atomic E-state index is 13.9. The van der Waals surface area contributed by atoms with Gasteiger partial charge >= 0.3 is 0 Å². The first-order chi connectivity index (χ1) is 12.6. The molecule has 0 saturated heterocycles. The number of carbonyl (C=O) groups excluding carboxylic acids is 1. The van der Waals surface area contributed by atoms with Gasteiger partial charge in [0.15, 0.2) is 11.2 Å². The van der Waals surface area contributed by atoms with Gasteiger partial charge in [-0.3, -0.25) is 0 Å². The van der Waals surface area contributed by atoms with Crippen molar-refractivity contribution in [3.63, 3.8) is 0 Å². The van der Waals surface area contributed by atoms with E-state index in [0.717, 1.165) is 24.6 Å². The molecule has 1 aromatic carbocycles. The van der Waals surface area contributed by atoms with Crippen molar-refractivity contribution in [2.75, 3.05) is 0 Å². The number of carbonyl (C=O) groups is 1. The molecule has 2 aromatic heterocycles. The number of hydrogen-bond donors (Lipinski definition) is 0. The highest BCUT2D eigenvalue weighted by Gasteiger charge is 2.18. The van der Waals surface area contributed by atoms with Crippen molar-refractivity contribution < 1.29 is 14.3 Å². The fourth-order valence-electron chi connectivity index (χ4n) is 2.50. The van der Waals surface area contributed by atoms with Crippen LogP contribution in [0.1, 0.15) is 31.7 Å². The number of nitrogens with zero attached hydrogens (tertiary/aromatic N) is 5. The zero-order valence-corrected chi connectivity index (χ0v) is 14.9. The van der Waals surface area contributed by atoms with Crippen molar-refractivity contribution in [1.29, 1.82) is 0 Å². The lowest BCUT2D eigenvalue weighted by atomic mass is 10.2. The van der Waals surface area contributed by atoms with Gasteiger partial charge in [-0.25, -0.2) is 19.0 Å². The molecule has 1 atom stereocenters. The number of unbranched alkanes of at least 4 members (excludes halogenated alkanes) is 1. The second-order valence-electron chi connectivity index (χ2n) is 5.76. The molecular weight excluding hydrogens is 357 g/mol. The number of rotatable bonds is 8. The van der Waals surface area contributed by atoms with Gasteiger partial charge in [-0.15, -0.1) is 5.10 Å². The van der Waals surface area contributed by atoms with Gasteiger partial charge in [-0.1, -0.05) is 54.9 Å². The Balaban J connectivity index is 1.88. The maximum absolute atomic E-state index is 13.9. The molecule has 0 unspecified atom stereocenters. The Kier molecular flexibility index (Phi) is 5.77. The van der Waals surface area contributed by atoms with Gasteiger partial charge in [0.1, 0.15) is 17.2 Å². The van der Waals surface area contributed by atoms with Crippen LogP contribution in [0.4, 0.5) is 4.39 Å². The molecule has 26 heavy (non-hydrogen) atoms. The van der Waals surface area contributed by atoms with Crippen LogP contribution in [0.3, 0.4) is 0 Å². The van der Waals surface area contributed by atoms with Gasteiger partial charge in [-0.2, -0.15) is 0 Å². The average molecular weight is 374 g/mol. The fraction of sp³-hybridized carbons (Fsp3) is 0.353. The maximum Gasteiger partial charge on any atom is 0.183 e. The van der Waals surface area contributed by atoms with Crippen LogP contribution in [0.25, 0.3) is 11.2 Å². The first-order valence-corrected chi connectivity index (χ1v) is 9.13. The molecule has 0 saturated carbocycles. The average Bonchev–Trinajstić information content (AvgIpc) is 3.04. The first kappa shape index (κ1) is 18.2. The van der Waals surface area contributed by atoms with Crippen LogP contribution in [0.2, 0.25) is 0 Å². The Morgan fingerprint density at radius 3 is 2.88 bits per heavy atom. The summed E-state index contributed by atoms with van der Waals surface area (Å²) in [6.07, 6.45) is 3.48. The molecule has 0 aliphatic rings. The summed E-state index contributed by atoms with van der Waals surface area (Å²) in [5.74, 6) is -1.47. The quantitative estimate of drug-likeness (QED) is 0.438. The summed E-state index contributed by atoms with van der Waals surface area (Å²) in [5, 5.41) is 19.2. The SMILES string of the molecule is CCCC[C@@H](Sc1ncnc2c1nnn2Cc1ccccc1F)C(=O)[O-]. The Labute approximate surface area is 153 Å². The molecule has 0 radical (unpaired) electrons. The van der Waals surface area contributed by atoms with Crippen LogP contribution in [-0.4, -0.2) is 36.2 Å². The van der Waals surface area contributed by atoms with Gasteiger partial charge in [-0.05, 0) is 12.5 Å². The van der Waals surface area contributed by atoms with E-state index in [1.165, 1.54) is 17.1 Å². The summed E-state index contributed by atoms with van der Waals surface area (Å²) in [7, 11) is 0. The van der Waals surface area contributed by atoms with Gasteiger partial charge < -0.3 is 9.90 Å². The predicted molar refractivity (Wildman–Crippen MR) is 92.8 cm³/mol. The summed E-state index contributed by atoms with van der Waals surface area (Å²) in [6.45, 7) is 2.16. The van der Waals surface area contributed by atoms with Crippen molar-refractivity contribution in [2.24, 2.45) is 0 Å². The third-order valence-corrected chi connectivity index (χ3v) is 5.12. The van der Waals surface area contributed by atoms with E-state index in [9.17, 15) is 14.3 Å². The van der Waals surface area contributed by atoms with Gasteiger partial charge in [0.05, 0.1) is 17.8 Å². The number of carboxylic acid groups (broad SMARTS) is 1. The largest absolute Gasteiger partial charge is 0.549 e. The molecule has 0 amide bonds. The highest BCUT2D eigenvalue weighted by molar-refractivity contribution is 8.00. The number of aromatic nitrogens is 5. The molecule has 3 aromatic rings. The lowest BCUT2D eigenvalue weighted by molar-refractivity contribution is -0.304. The Hall–Kier alpha value is -2.55. The Morgan fingerprint density at radius 2 is 2.15 bits per heavy atom. The van der Waals surface area contributed by atoms with Crippen LogP contribution < -0.4 is 5.11 Å². The van der Waals surface area contributed by atoms with Crippen LogP contribution in [0.5, 0.6) is 0 Å². The normalized spacial score (nSPS) is 12.4. The molecule has 0 spiro atoms. The minimum Gasteiger partial charge on any atom is -0.549 e. The minimum atomic E-state index is -1.13. The Morgan fingerprint density at radius 1 is 1.35 bits per heavy atom. The number of hydrogen-bond acceptors (Lipinski definition) is 7. The van der Waals surface area contributed by atoms with E-state index in [1.807, 2.05) is 6.92 Å². The molecule has 0 aliphatic carbocycles. The number of thioether (sulfide) groups is 1. The van der Waals surface area contributed by atoms with Crippen LogP contribution in [0.15, 0.2) is 35.6 Å². The second-order valence-corrected chi connectivity index (χ2v) is 6.95. The molecular formula is C17H17FN5O2S-. The number of fused-ring (bicyclic) bond motifs is 1. The lowest BCUT2D eigenvalue weighted by Crippen LogP contribution is -2.33. The molecule has 0 fully saturated rings. The third kappa shape index (κ3) is 3.98. The van der Waals surface area contributed by atoms with E-state index in [4.69, 9.17) is 0 Å². The first-order valence-electron chi connectivity index (χ1n) is 8.25. The molecule has 9 heteroatoms. The molecule has 0 bridgehead atoms. The monoisotopic (exact) mass is 374 g/mol. The molecule has 0 N–H and O–H groups in total. The molecule has 2 heterocycles. The summed E-state index contributed by atoms with van der Waals surface area (Å²) >= 11 is 1.09. The van der Waals surface area contributed by atoms with E-state index in [2.05, 4.69) is 20.3 Å². The molecule has 7 nitrogen and oxygen atoms in total. The van der Waals surface area contributed by atoms with E-state index in [1.54, 1.807) is 18.2 Å². The van der Waals surface area contributed by atoms with Gasteiger partial charge in [0.2, 0.25) is 0 Å². The topological polar surface area (TPSA) is 96.6 Å². The minimum absolute atomic E-state index is 0.171. The zero-order valence-electron chi connectivity index (χ0n) is 14.1. The predicted octanol–water partition coefficient (Wildman–Crippen LogP) is 1.81. The number of benzene rings is 1. The van der Waals surface area contributed by atoms with Crippen molar-refractivity contribution in [2.45, 2.75) is 43.0 Å². The highest BCUT2D eigenvalue weighted by Crippen LogP contribution is 2.29. The van der Waals surface area contributed by atoms with Crippen LogP contribution >= 0.6 is 11.8 Å². The molecule has 0 aliphatic heterocycles. The molecule has 136 valence electrons. The summed E-state index contributed by atoms with van der Waals surface area (Å²) in [6, 6.07) is 6.40. The van der Waals surface area contributed by atoms with Crippen molar-refractivity contribution in [3.05, 3.63) is 42.0 Å². The van der Waals surface area contributed by atoms with E-state index < -0.39 is 11.2 Å². The summed E-state index contributed by atoms with van der Waals surface area (Å²) in [4.78, 5) is 19.7. The van der Waals surface area contributed by atoms with Gasteiger partial charge in [0, 0.05) is 5.56 Å². The Bertz CT molecular complexity index is 917. The smallest absolute Gasteiger partial charge is 0.183 e. The number of aliphatic carboxylic acids is 1. The standard InChI is InChI=1S/C17H18FN5O2S/c1-2-3-8-13(17(24)25)26-16-14-15(19-10-20-16)23(22-21-14)9-11-6-4-5-7-12(11)18/h4-7,10,13H,2-3,8-9H2,1H3,(H,24,25)/p-1/t13-/m1/s1. The summed E-state index contributed by atoms with van der Waals surface area (Å²) < 4.78 is 15.3.